The molecule has 3 nitrogen and oxygen atoms in total. The quantitative estimate of drug-likeness (QED) is 0.892. The van der Waals surface area contributed by atoms with E-state index in [0.29, 0.717) is 6.04 Å². The summed E-state index contributed by atoms with van der Waals surface area (Å²) in [5.41, 5.74) is 9.76. The van der Waals surface area contributed by atoms with E-state index in [-0.39, 0.29) is 6.04 Å². The van der Waals surface area contributed by atoms with Crippen molar-refractivity contribution in [3.05, 3.63) is 29.6 Å². The van der Waals surface area contributed by atoms with Crippen LogP contribution in [0.5, 0.6) is 0 Å². The zero-order valence-electron chi connectivity index (χ0n) is 11.8. The average molecular weight is 245 g/mol. The molecular formula is C15H23N3. The van der Waals surface area contributed by atoms with Gasteiger partial charge in [0.25, 0.3) is 0 Å². The molecule has 98 valence electrons. The molecule has 1 unspecified atom stereocenters. The molecule has 1 aromatic heterocycles. The van der Waals surface area contributed by atoms with Gasteiger partial charge in [0, 0.05) is 6.04 Å². The Kier molecular flexibility index (Phi) is 3.71. The van der Waals surface area contributed by atoms with Crippen LogP contribution in [0.15, 0.2) is 18.2 Å². The maximum Gasteiger partial charge on any atom is 0.127 e. The second kappa shape index (κ2) is 5.11. The van der Waals surface area contributed by atoms with E-state index in [0.717, 1.165) is 24.2 Å². The largest absolute Gasteiger partial charge is 0.324 e. The van der Waals surface area contributed by atoms with Gasteiger partial charge >= 0.3 is 0 Å². The van der Waals surface area contributed by atoms with Gasteiger partial charge in [-0.3, -0.25) is 0 Å². The highest BCUT2D eigenvalue weighted by Gasteiger charge is 2.18. The molecule has 0 amide bonds. The Morgan fingerprint density at radius 1 is 1.33 bits per heavy atom. The molecule has 2 rings (SSSR count). The van der Waals surface area contributed by atoms with Crippen molar-refractivity contribution in [2.45, 2.75) is 52.6 Å². The molecule has 0 saturated carbocycles. The van der Waals surface area contributed by atoms with Crippen molar-refractivity contribution in [2.24, 2.45) is 5.73 Å². The smallest absolute Gasteiger partial charge is 0.127 e. The Bertz CT molecular complexity index is 540. The first-order valence-corrected chi connectivity index (χ1v) is 6.78. The minimum Gasteiger partial charge on any atom is -0.324 e. The van der Waals surface area contributed by atoms with Gasteiger partial charge in [0.15, 0.2) is 0 Å². The summed E-state index contributed by atoms with van der Waals surface area (Å²) in [6, 6.07) is 6.84. The Hall–Kier alpha value is -1.35. The molecule has 0 fully saturated rings. The molecule has 3 heteroatoms. The Morgan fingerprint density at radius 2 is 2.06 bits per heavy atom. The lowest BCUT2D eigenvalue weighted by atomic mass is 10.1. The summed E-state index contributed by atoms with van der Waals surface area (Å²) < 4.78 is 2.27. The Balaban J connectivity index is 2.60. The topological polar surface area (TPSA) is 43.8 Å². The number of aromatic nitrogens is 2. The molecule has 2 N–H and O–H groups in total. The van der Waals surface area contributed by atoms with E-state index >= 15 is 0 Å². The number of imidazole rings is 1. The van der Waals surface area contributed by atoms with Gasteiger partial charge in [-0.15, -0.1) is 0 Å². The van der Waals surface area contributed by atoms with Crippen LogP contribution >= 0.6 is 0 Å². The zero-order valence-corrected chi connectivity index (χ0v) is 11.8. The molecule has 1 atom stereocenters. The van der Waals surface area contributed by atoms with E-state index in [9.17, 15) is 0 Å². The van der Waals surface area contributed by atoms with Gasteiger partial charge in [-0.2, -0.15) is 0 Å². The third-order valence-electron chi connectivity index (χ3n) is 3.32. The van der Waals surface area contributed by atoms with E-state index < -0.39 is 0 Å². The fourth-order valence-electron chi connectivity index (χ4n) is 2.47. The minimum atomic E-state index is 0.0325. The van der Waals surface area contributed by atoms with Crippen molar-refractivity contribution in [1.29, 1.82) is 0 Å². The van der Waals surface area contributed by atoms with Gasteiger partial charge in [0.1, 0.15) is 5.82 Å². The van der Waals surface area contributed by atoms with Gasteiger partial charge < -0.3 is 10.3 Å². The SMILES string of the molecule is CCCC(N)c1nc2cc(C)ccc2n1C(C)C. The van der Waals surface area contributed by atoms with Crippen LogP contribution in [-0.2, 0) is 0 Å². The molecule has 0 saturated heterocycles. The normalized spacial score (nSPS) is 13.4. The summed E-state index contributed by atoms with van der Waals surface area (Å²) in [4.78, 5) is 4.75. The fraction of sp³-hybridized carbons (Fsp3) is 0.533. The predicted molar refractivity (Wildman–Crippen MR) is 76.7 cm³/mol. The monoisotopic (exact) mass is 245 g/mol. The number of nitrogens with zero attached hydrogens (tertiary/aromatic N) is 2. The predicted octanol–water partition coefficient (Wildman–Crippen LogP) is 3.73. The Morgan fingerprint density at radius 3 is 2.67 bits per heavy atom. The molecule has 0 radical (unpaired) electrons. The highest BCUT2D eigenvalue weighted by molar-refractivity contribution is 5.77. The number of fused-ring (bicyclic) bond motifs is 1. The van der Waals surface area contributed by atoms with Crippen LogP contribution in [0.1, 0.15) is 57.1 Å². The van der Waals surface area contributed by atoms with E-state index in [2.05, 4.69) is 50.5 Å². The number of nitrogens with two attached hydrogens (primary N) is 1. The van der Waals surface area contributed by atoms with Crippen LogP contribution in [0.4, 0.5) is 0 Å². The fourth-order valence-corrected chi connectivity index (χ4v) is 2.47. The molecule has 18 heavy (non-hydrogen) atoms. The molecule has 1 aromatic carbocycles. The molecular weight excluding hydrogens is 222 g/mol. The lowest BCUT2D eigenvalue weighted by Gasteiger charge is -2.17. The number of benzene rings is 1. The molecule has 0 aliphatic carbocycles. The van der Waals surface area contributed by atoms with Crippen molar-refractivity contribution >= 4 is 11.0 Å². The second-order valence-electron chi connectivity index (χ2n) is 5.32. The van der Waals surface area contributed by atoms with Gasteiger partial charge in [-0.1, -0.05) is 19.4 Å². The van der Waals surface area contributed by atoms with Gasteiger partial charge in [-0.25, -0.2) is 4.98 Å². The third-order valence-corrected chi connectivity index (χ3v) is 3.32. The molecule has 1 heterocycles. The average Bonchev–Trinajstić information content (AvgIpc) is 2.67. The first-order chi connectivity index (χ1) is 8.54. The van der Waals surface area contributed by atoms with E-state index in [1.165, 1.54) is 11.1 Å². The Labute approximate surface area is 109 Å². The number of rotatable bonds is 4. The van der Waals surface area contributed by atoms with Crippen LogP contribution in [0.3, 0.4) is 0 Å². The highest BCUT2D eigenvalue weighted by atomic mass is 15.1. The standard InChI is InChI=1S/C15H23N3/c1-5-6-12(16)15-17-13-9-11(4)7-8-14(13)18(15)10(2)3/h7-10,12H,5-6,16H2,1-4H3. The van der Waals surface area contributed by atoms with Crippen LogP contribution in [0.2, 0.25) is 0 Å². The lowest BCUT2D eigenvalue weighted by molar-refractivity contribution is 0.520. The lowest BCUT2D eigenvalue weighted by Crippen LogP contribution is -2.17. The van der Waals surface area contributed by atoms with Crippen LogP contribution < -0.4 is 5.73 Å². The summed E-state index contributed by atoms with van der Waals surface area (Å²) in [7, 11) is 0. The zero-order chi connectivity index (χ0) is 13.3. The summed E-state index contributed by atoms with van der Waals surface area (Å²) in [6.07, 6.45) is 2.07. The van der Waals surface area contributed by atoms with E-state index in [1.807, 2.05) is 0 Å². The summed E-state index contributed by atoms with van der Waals surface area (Å²) in [5, 5.41) is 0. The van der Waals surface area contributed by atoms with E-state index in [4.69, 9.17) is 10.7 Å². The van der Waals surface area contributed by atoms with Crippen LogP contribution in [0, 0.1) is 6.92 Å². The summed E-state index contributed by atoms with van der Waals surface area (Å²) in [6.45, 7) is 8.62. The molecule has 2 aromatic rings. The number of hydrogen-bond donors (Lipinski definition) is 1. The molecule has 0 aliphatic rings. The summed E-state index contributed by atoms with van der Waals surface area (Å²) >= 11 is 0. The summed E-state index contributed by atoms with van der Waals surface area (Å²) in [5.74, 6) is 1.02. The number of hydrogen-bond acceptors (Lipinski definition) is 2. The van der Waals surface area contributed by atoms with E-state index in [1.54, 1.807) is 0 Å². The van der Waals surface area contributed by atoms with Crippen molar-refractivity contribution < 1.29 is 0 Å². The van der Waals surface area contributed by atoms with Crippen molar-refractivity contribution in [1.82, 2.24) is 9.55 Å². The van der Waals surface area contributed by atoms with Crippen molar-refractivity contribution in [2.75, 3.05) is 0 Å². The van der Waals surface area contributed by atoms with Crippen molar-refractivity contribution in [3.8, 4) is 0 Å². The van der Waals surface area contributed by atoms with Gasteiger partial charge in [0.2, 0.25) is 0 Å². The third kappa shape index (κ3) is 2.27. The van der Waals surface area contributed by atoms with Crippen LogP contribution in [0.25, 0.3) is 11.0 Å². The molecule has 0 aliphatic heterocycles. The second-order valence-corrected chi connectivity index (χ2v) is 5.32. The molecule has 0 spiro atoms. The highest BCUT2D eigenvalue weighted by Crippen LogP contribution is 2.26. The maximum atomic E-state index is 6.26. The van der Waals surface area contributed by atoms with Crippen LogP contribution in [-0.4, -0.2) is 9.55 Å². The van der Waals surface area contributed by atoms with Crippen molar-refractivity contribution in [3.63, 3.8) is 0 Å². The van der Waals surface area contributed by atoms with Gasteiger partial charge in [-0.05, 0) is 44.9 Å². The number of aryl methyl sites for hydroxylation is 1. The first kappa shape index (κ1) is 13.1. The molecule has 0 bridgehead atoms. The first-order valence-electron chi connectivity index (χ1n) is 6.78. The maximum absolute atomic E-state index is 6.26. The minimum absolute atomic E-state index is 0.0325. The van der Waals surface area contributed by atoms with Gasteiger partial charge in [0.05, 0.1) is 17.1 Å².